The number of hydrogen-bond acceptors (Lipinski definition) is 6. The summed E-state index contributed by atoms with van der Waals surface area (Å²) in [4.78, 5) is 14.1. The van der Waals surface area contributed by atoms with Gasteiger partial charge in [0.25, 0.3) is 0 Å². The van der Waals surface area contributed by atoms with Crippen LogP contribution in [0.3, 0.4) is 0 Å². The summed E-state index contributed by atoms with van der Waals surface area (Å²) in [5, 5.41) is 0. The SMILES string of the molecule is Cc1c(N2CCCSCC2)ncnc1N1CCCSCC1. The molecule has 0 saturated carbocycles. The van der Waals surface area contributed by atoms with Crippen molar-refractivity contribution in [3.05, 3.63) is 11.9 Å². The van der Waals surface area contributed by atoms with Crippen LogP contribution < -0.4 is 9.80 Å². The molecule has 3 rings (SSSR count). The number of nitrogens with zero attached hydrogens (tertiary/aromatic N) is 4. The number of anilines is 2. The molecule has 4 nitrogen and oxygen atoms in total. The Kier molecular flexibility index (Phi) is 5.52. The molecule has 0 spiro atoms. The zero-order chi connectivity index (χ0) is 14.5. The third-order valence-electron chi connectivity index (χ3n) is 4.07. The van der Waals surface area contributed by atoms with E-state index in [1.54, 1.807) is 6.33 Å². The molecule has 3 heterocycles. The van der Waals surface area contributed by atoms with E-state index in [2.05, 4.69) is 50.2 Å². The van der Waals surface area contributed by atoms with Gasteiger partial charge in [0, 0.05) is 43.2 Å². The molecule has 2 aliphatic heterocycles. The average molecular weight is 325 g/mol. The molecule has 1 aromatic rings. The van der Waals surface area contributed by atoms with Gasteiger partial charge in [-0.05, 0) is 31.3 Å². The van der Waals surface area contributed by atoms with E-state index in [-0.39, 0.29) is 0 Å². The van der Waals surface area contributed by atoms with Crippen LogP contribution in [0.5, 0.6) is 0 Å². The first kappa shape index (κ1) is 15.3. The van der Waals surface area contributed by atoms with Gasteiger partial charge in [-0.3, -0.25) is 0 Å². The zero-order valence-electron chi connectivity index (χ0n) is 12.8. The highest BCUT2D eigenvalue weighted by atomic mass is 32.2. The van der Waals surface area contributed by atoms with E-state index in [1.165, 1.54) is 41.4 Å². The molecule has 2 aliphatic rings. The van der Waals surface area contributed by atoms with Gasteiger partial charge in [0.2, 0.25) is 0 Å². The minimum Gasteiger partial charge on any atom is -0.355 e. The molecule has 0 aromatic carbocycles. The van der Waals surface area contributed by atoms with Crippen LogP contribution in [0.25, 0.3) is 0 Å². The standard InChI is InChI=1S/C15H24N4S2/c1-13-14(18-4-2-8-20-10-6-18)16-12-17-15(13)19-5-3-9-21-11-7-19/h12H,2-11H2,1H3. The van der Waals surface area contributed by atoms with Crippen molar-refractivity contribution in [3.8, 4) is 0 Å². The normalized spacial score (nSPS) is 21.0. The van der Waals surface area contributed by atoms with Crippen LogP contribution in [0, 0.1) is 6.92 Å². The molecular formula is C15H24N4S2. The first-order valence-electron chi connectivity index (χ1n) is 7.83. The van der Waals surface area contributed by atoms with Gasteiger partial charge in [-0.1, -0.05) is 0 Å². The summed E-state index contributed by atoms with van der Waals surface area (Å²) in [6.45, 7) is 6.66. The van der Waals surface area contributed by atoms with Crippen molar-refractivity contribution in [3.63, 3.8) is 0 Å². The molecule has 0 bridgehead atoms. The van der Waals surface area contributed by atoms with E-state index in [0.717, 1.165) is 37.8 Å². The molecule has 21 heavy (non-hydrogen) atoms. The Morgan fingerprint density at radius 2 is 1.33 bits per heavy atom. The summed E-state index contributed by atoms with van der Waals surface area (Å²) < 4.78 is 0. The van der Waals surface area contributed by atoms with E-state index >= 15 is 0 Å². The predicted molar refractivity (Wildman–Crippen MR) is 95.1 cm³/mol. The highest BCUT2D eigenvalue weighted by molar-refractivity contribution is 7.99. The fourth-order valence-electron chi connectivity index (χ4n) is 2.99. The van der Waals surface area contributed by atoms with Gasteiger partial charge in [0.1, 0.15) is 18.0 Å². The first-order valence-corrected chi connectivity index (χ1v) is 10.1. The van der Waals surface area contributed by atoms with Crippen LogP contribution in [-0.4, -0.2) is 59.2 Å². The summed E-state index contributed by atoms with van der Waals surface area (Å²) in [5.41, 5.74) is 1.26. The van der Waals surface area contributed by atoms with Crippen molar-refractivity contribution >= 4 is 35.2 Å². The van der Waals surface area contributed by atoms with Crippen molar-refractivity contribution in [2.24, 2.45) is 0 Å². The van der Waals surface area contributed by atoms with Crippen LogP contribution in [-0.2, 0) is 0 Å². The largest absolute Gasteiger partial charge is 0.355 e. The minimum atomic E-state index is 1.11. The Bertz CT molecular complexity index is 415. The third kappa shape index (κ3) is 3.77. The lowest BCUT2D eigenvalue weighted by Gasteiger charge is -2.27. The molecule has 0 N–H and O–H groups in total. The molecule has 0 unspecified atom stereocenters. The molecule has 116 valence electrons. The molecule has 0 amide bonds. The maximum Gasteiger partial charge on any atom is 0.137 e. The second-order valence-electron chi connectivity index (χ2n) is 5.55. The van der Waals surface area contributed by atoms with Crippen LogP contribution in [0.1, 0.15) is 18.4 Å². The highest BCUT2D eigenvalue weighted by Gasteiger charge is 2.19. The predicted octanol–water partition coefficient (Wildman–Crippen LogP) is 2.67. The van der Waals surface area contributed by atoms with E-state index < -0.39 is 0 Å². The van der Waals surface area contributed by atoms with Crippen molar-refractivity contribution in [2.45, 2.75) is 19.8 Å². The number of hydrogen-bond donors (Lipinski definition) is 0. The minimum absolute atomic E-state index is 1.11. The monoisotopic (exact) mass is 324 g/mol. The number of aromatic nitrogens is 2. The summed E-state index contributed by atoms with van der Waals surface area (Å²) in [5.74, 6) is 7.27. The van der Waals surface area contributed by atoms with Crippen molar-refractivity contribution in [1.29, 1.82) is 0 Å². The van der Waals surface area contributed by atoms with Crippen LogP contribution in [0.4, 0.5) is 11.6 Å². The number of rotatable bonds is 2. The lowest BCUT2D eigenvalue weighted by Crippen LogP contribution is -2.30. The molecular weight excluding hydrogens is 300 g/mol. The molecule has 0 atom stereocenters. The van der Waals surface area contributed by atoms with Gasteiger partial charge in [0.05, 0.1) is 0 Å². The Morgan fingerprint density at radius 3 is 1.86 bits per heavy atom. The smallest absolute Gasteiger partial charge is 0.137 e. The zero-order valence-corrected chi connectivity index (χ0v) is 14.4. The molecule has 2 saturated heterocycles. The van der Waals surface area contributed by atoms with Crippen LogP contribution in [0.2, 0.25) is 0 Å². The van der Waals surface area contributed by atoms with Gasteiger partial charge in [0.15, 0.2) is 0 Å². The maximum absolute atomic E-state index is 4.60. The van der Waals surface area contributed by atoms with Crippen LogP contribution in [0.15, 0.2) is 6.33 Å². The van der Waals surface area contributed by atoms with Gasteiger partial charge in [-0.15, -0.1) is 0 Å². The summed E-state index contributed by atoms with van der Waals surface area (Å²) in [7, 11) is 0. The fourth-order valence-corrected chi connectivity index (χ4v) is 4.76. The average Bonchev–Trinajstić information content (AvgIpc) is 2.92. The topological polar surface area (TPSA) is 32.3 Å². The summed E-state index contributed by atoms with van der Waals surface area (Å²) in [6, 6.07) is 0. The molecule has 0 radical (unpaired) electrons. The van der Waals surface area contributed by atoms with Crippen molar-refractivity contribution < 1.29 is 0 Å². The Balaban J connectivity index is 1.83. The van der Waals surface area contributed by atoms with Gasteiger partial charge < -0.3 is 9.80 Å². The molecule has 1 aromatic heterocycles. The summed E-state index contributed by atoms with van der Waals surface area (Å²) in [6.07, 6.45) is 4.27. The maximum atomic E-state index is 4.60. The Labute approximate surface area is 136 Å². The van der Waals surface area contributed by atoms with Crippen LogP contribution >= 0.6 is 23.5 Å². The van der Waals surface area contributed by atoms with E-state index in [0.29, 0.717) is 0 Å². The van der Waals surface area contributed by atoms with E-state index in [9.17, 15) is 0 Å². The molecule has 0 aliphatic carbocycles. The second-order valence-corrected chi connectivity index (χ2v) is 8.00. The molecule has 6 heteroatoms. The first-order chi connectivity index (χ1) is 10.4. The van der Waals surface area contributed by atoms with Crippen molar-refractivity contribution in [1.82, 2.24) is 9.97 Å². The fraction of sp³-hybridized carbons (Fsp3) is 0.733. The lowest BCUT2D eigenvalue weighted by atomic mass is 10.2. The quantitative estimate of drug-likeness (QED) is 0.832. The van der Waals surface area contributed by atoms with E-state index in [4.69, 9.17) is 0 Å². The molecule has 2 fully saturated rings. The van der Waals surface area contributed by atoms with Crippen molar-refractivity contribution in [2.75, 3.05) is 59.0 Å². The second kappa shape index (κ2) is 7.58. The summed E-state index contributed by atoms with van der Waals surface area (Å²) >= 11 is 4.11. The Hall–Kier alpha value is -0.620. The van der Waals surface area contributed by atoms with Gasteiger partial charge in [-0.25, -0.2) is 9.97 Å². The number of thioether (sulfide) groups is 2. The van der Waals surface area contributed by atoms with Gasteiger partial charge >= 0.3 is 0 Å². The Morgan fingerprint density at radius 1 is 0.810 bits per heavy atom. The van der Waals surface area contributed by atoms with E-state index in [1.807, 2.05) is 0 Å². The highest BCUT2D eigenvalue weighted by Crippen LogP contribution is 2.28. The lowest BCUT2D eigenvalue weighted by molar-refractivity contribution is 0.772. The van der Waals surface area contributed by atoms with Gasteiger partial charge in [-0.2, -0.15) is 23.5 Å². The third-order valence-corrected chi connectivity index (χ3v) is 6.17.